The fourth-order valence-electron chi connectivity index (χ4n) is 3.36. The fraction of sp³-hybridized carbons (Fsp3) is 0.227. The van der Waals surface area contributed by atoms with Crippen LogP contribution in [0.4, 0.5) is 5.69 Å². The van der Waals surface area contributed by atoms with Gasteiger partial charge in [0, 0.05) is 41.5 Å². The van der Waals surface area contributed by atoms with Crippen LogP contribution in [0.5, 0.6) is 17.4 Å². The van der Waals surface area contributed by atoms with Gasteiger partial charge in [0.15, 0.2) is 0 Å². The Balaban J connectivity index is 1.46. The molecule has 3 aromatic rings. The molecule has 0 amide bonds. The zero-order chi connectivity index (χ0) is 19.3. The van der Waals surface area contributed by atoms with Crippen molar-refractivity contribution in [1.29, 1.82) is 0 Å². The number of aromatic nitrogens is 1. The maximum atomic E-state index is 9.87. The van der Waals surface area contributed by atoms with Gasteiger partial charge in [-0.15, -0.1) is 0 Å². The maximum absolute atomic E-state index is 9.87. The van der Waals surface area contributed by atoms with Crippen molar-refractivity contribution >= 4 is 17.3 Å². The number of hydrogen-bond donors (Lipinski definition) is 1. The molecule has 4 rings (SSSR count). The average molecular weight is 397 g/mol. The summed E-state index contributed by atoms with van der Waals surface area (Å²) in [7, 11) is 0. The summed E-state index contributed by atoms with van der Waals surface area (Å²) in [6.45, 7) is 1.54. The highest BCUT2D eigenvalue weighted by Crippen LogP contribution is 2.32. The molecule has 0 saturated carbocycles. The highest BCUT2D eigenvalue weighted by atomic mass is 35.5. The van der Waals surface area contributed by atoms with Gasteiger partial charge in [-0.05, 0) is 42.5 Å². The van der Waals surface area contributed by atoms with Crippen LogP contribution in [0.15, 0.2) is 66.9 Å². The van der Waals surface area contributed by atoms with Crippen molar-refractivity contribution in [2.75, 3.05) is 18.0 Å². The molecule has 1 aliphatic heterocycles. The van der Waals surface area contributed by atoms with E-state index in [0.29, 0.717) is 22.4 Å². The molecule has 0 bridgehead atoms. The number of nitrogens with zero attached hydrogens (tertiary/aromatic N) is 2. The molecule has 2 aromatic carbocycles. The first-order valence-corrected chi connectivity index (χ1v) is 9.59. The summed E-state index contributed by atoms with van der Waals surface area (Å²) in [5.74, 6) is 1.96. The summed E-state index contributed by atoms with van der Waals surface area (Å²) < 4.78 is 11.8. The molecule has 0 radical (unpaired) electrons. The van der Waals surface area contributed by atoms with E-state index in [1.54, 1.807) is 18.3 Å². The highest BCUT2D eigenvalue weighted by molar-refractivity contribution is 6.30. The normalized spacial score (nSPS) is 16.2. The van der Waals surface area contributed by atoms with Gasteiger partial charge >= 0.3 is 0 Å². The lowest BCUT2D eigenvalue weighted by Crippen LogP contribution is -2.25. The molecule has 0 unspecified atom stereocenters. The van der Waals surface area contributed by atoms with Gasteiger partial charge in [0.05, 0.1) is 13.2 Å². The van der Waals surface area contributed by atoms with Crippen molar-refractivity contribution in [2.24, 2.45) is 0 Å². The number of aliphatic hydroxyl groups excluding tert-OH is 1. The largest absolute Gasteiger partial charge is 0.472 e. The zero-order valence-electron chi connectivity index (χ0n) is 15.3. The van der Waals surface area contributed by atoms with E-state index in [1.807, 2.05) is 48.5 Å². The lowest BCUT2D eigenvalue weighted by Gasteiger charge is -2.22. The molecule has 1 atom stereocenters. The number of halogens is 1. The first-order valence-electron chi connectivity index (χ1n) is 9.21. The van der Waals surface area contributed by atoms with Gasteiger partial charge in [-0.3, -0.25) is 0 Å². The zero-order valence-corrected chi connectivity index (χ0v) is 16.0. The smallest absolute Gasteiger partial charge is 0.213 e. The third kappa shape index (κ3) is 4.38. The van der Waals surface area contributed by atoms with Gasteiger partial charge in [-0.2, -0.15) is 0 Å². The lowest BCUT2D eigenvalue weighted by molar-refractivity contribution is 0.216. The van der Waals surface area contributed by atoms with E-state index in [1.165, 1.54) is 0 Å². The number of aliphatic hydroxyl groups is 1. The average Bonchev–Trinajstić information content (AvgIpc) is 3.17. The van der Waals surface area contributed by atoms with Crippen molar-refractivity contribution in [3.8, 4) is 17.4 Å². The van der Waals surface area contributed by atoms with Crippen LogP contribution in [0.3, 0.4) is 0 Å². The van der Waals surface area contributed by atoms with Gasteiger partial charge in [-0.25, -0.2) is 4.98 Å². The Morgan fingerprint density at radius 1 is 1.07 bits per heavy atom. The van der Waals surface area contributed by atoms with Crippen molar-refractivity contribution in [3.63, 3.8) is 0 Å². The van der Waals surface area contributed by atoms with Crippen LogP contribution in [0.2, 0.25) is 5.02 Å². The van der Waals surface area contributed by atoms with E-state index in [-0.39, 0.29) is 12.7 Å². The van der Waals surface area contributed by atoms with Crippen LogP contribution in [-0.2, 0) is 6.61 Å². The molecule has 1 saturated heterocycles. The Morgan fingerprint density at radius 2 is 1.96 bits per heavy atom. The molecule has 144 valence electrons. The molecule has 1 N–H and O–H groups in total. The molecule has 0 spiro atoms. The van der Waals surface area contributed by atoms with Gasteiger partial charge < -0.3 is 19.5 Å². The van der Waals surface area contributed by atoms with Crippen LogP contribution in [-0.4, -0.2) is 29.3 Å². The molecule has 0 aliphatic carbocycles. The summed E-state index contributed by atoms with van der Waals surface area (Å²) in [5.41, 5.74) is 1.81. The van der Waals surface area contributed by atoms with Crippen LogP contribution in [0.1, 0.15) is 12.0 Å². The number of ether oxygens (including phenoxy) is 2. The van der Waals surface area contributed by atoms with Gasteiger partial charge in [0.2, 0.25) is 5.88 Å². The van der Waals surface area contributed by atoms with Crippen LogP contribution < -0.4 is 14.4 Å². The number of pyridine rings is 1. The molecule has 2 heterocycles. The molecule has 1 aromatic heterocycles. The Morgan fingerprint density at radius 3 is 2.75 bits per heavy atom. The van der Waals surface area contributed by atoms with E-state index in [9.17, 15) is 5.11 Å². The fourth-order valence-corrected chi connectivity index (χ4v) is 3.54. The summed E-state index contributed by atoms with van der Waals surface area (Å²) in [5, 5.41) is 10.5. The minimum absolute atomic E-state index is 0.0651. The van der Waals surface area contributed by atoms with E-state index in [4.69, 9.17) is 21.1 Å². The Bertz CT molecular complexity index is 936. The maximum Gasteiger partial charge on any atom is 0.213 e. The van der Waals surface area contributed by atoms with Gasteiger partial charge in [0.1, 0.15) is 17.6 Å². The molecule has 5 nitrogen and oxygen atoms in total. The van der Waals surface area contributed by atoms with E-state index < -0.39 is 0 Å². The number of benzene rings is 2. The predicted octanol–water partition coefficient (Wildman–Crippen LogP) is 4.68. The Labute approximate surface area is 169 Å². The molecular formula is C22H21ClN2O3. The minimum Gasteiger partial charge on any atom is -0.472 e. The first-order chi connectivity index (χ1) is 13.7. The quantitative estimate of drug-likeness (QED) is 0.655. The summed E-state index contributed by atoms with van der Waals surface area (Å²) in [4.78, 5) is 6.45. The third-order valence-electron chi connectivity index (χ3n) is 4.66. The molecule has 6 heteroatoms. The second-order valence-corrected chi connectivity index (χ2v) is 7.09. The van der Waals surface area contributed by atoms with Crippen LogP contribution in [0, 0.1) is 0 Å². The number of rotatable bonds is 6. The van der Waals surface area contributed by atoms with E-state index >= 15 is 0 Å². The summed E-state index contributed by atoms with van der Waals surface area (Å²) in [6, 6.07) is 18.6. The first kappa shape index (κ1) is 18.6. The van der Waals surface area contributed by atoms with Gasteiger partial charge in [0.25, 0.3) is 0 Å². The molecule has 1 fully saturated rings. The molecule has 28 heavy (non-hydrogen) atoms. The third-order valence-corrected chi connectivity index (χ3v) is 4.90. The number of anilines is 1. The summed E-state index contributed by atoms with van der Waals surface area (Å²) >= 11 is 6.01. The van der Waals surface area contributed by atoms with Crippen molar-refractivity contribution in [1.82, 2.24) is 4.98 Å². The van der Waals surface area contributed by atoms with Crippen LogP contribution >= 0.6 is 11.6 Å². The Kier molecular flexibility index (Phi) is 5.65. The molecule has 1 aliphatic rings. The minimum atomic E-state index is -0.0651. The summed E-state index contributed by atoms with van der Waals surface area (Å²) in [6.07, 6.45) is 2.70. The Hall–Kier alpha value is -2.76. The number of hydrogen-bond acceptors (Lipinski definition) is 5. The second-order valence-electron chi connectivity index (χ2n) is 6.65. The highest BCUT2D eigenvalue weighted by Gasteiger charge is 2.26. The van der Waals surface area contributed by atoms with Gasteiger partial charge in [-0.1, -0.05) is 23.7 Å². The van der Waals surface area contributed by atoms with Crippen LogP contribution in [0.25, 0.3) is 0 Å². The van der Waals surface area contributed by atoms with E-state index in [2.05, 4.69) is 9.88 Å². The predicted molar refractivity (Wildman–Crippen MR) is 109 cm³/mol. The molecular weight excluding hydrogens is 376 g/mol. The van der Waals surface area contributed by atoms with E-state index in [0.717, 1.165) is 30.8 Å². The van der Waals surface area contributed by atoms with Crippen molar-refractivity contribution in [2.45, 2.75) is 19.1 Å². The second kappa shape index (κ2) is 8.50. The SMILES string of the molecule is OCc1cc(Oc2cccc(Cl)c2)ccc1N1CC[C@H](Oc2ccccn2)C1. The van der Waals surface area contributed by atoms with Crippen molar-refractivity contribution < 1.29 is 14.6 Å². The standard InChI is InChI=1S/C22H21ClN2O3/c23-17-4-3-5-18(13-17)27-19-7-8-21(16(12-19)15-26)25-11-9-20(14-25)28-22-6-1-2-10-24-22/h1-8,10,12-13,20,26H,9,11,14-15H2/t20-/m0/s1. The topological polar surface area (TPSA) is 54.8 Å². The lowest BCUT2D eigenvalue weighted by atomic mass is 10.1. The van der Waals surface area contributed by atoms with Crippen molar-refractivity contribution in [3.05, 3.63) is 77.4 Å². The monoisotopic (exact) mass is 396 g/mol.